The Morgan fingerprint density at radius 1 is 0.419 bits per heavy atom. The van der Waals surface area contributed by atoms with Crippen LogP contribution in [0.1, 0.15) is 12.3 Å². The van der Waals surface area contributed by atoms with Crippen molar-refractivity contribution in [2.75, 3.05) is 0 Å². The van der Waals surface area contributed by atoms with Gasteiger partial charge in [0.15, 0.2) is 0 Å². The van der Waals surface area contributed by atoms with Gasteiger partial charge in [-0.2, -0.15) is 0 Å². The molecule has 0 fully saturated rings. The van der Waals surface area contributed by atoms with Crippen LogP contribution in [-0.2, 0) is 0 Å². The Bertz CT molecular complexity index is 2900. The molecule has 9 aromatic rings. The zero-order chi connectivity index (χ0) is 36.2. The summed E-state index contributed by atoms with van der Waals surface area (Å²) in [6.07, 6.45) is 0. The fraction of sp³-hybridized carbons (Fsp3) is 0. The first kappa shape index (κ1) is 16.7. The standard InChI is InChI=1S/C42H26O/c1-2-11-27(12-3-1)28-21-23-30(24-22-28)39-32-15-6-8-17-34(32)40(35-18-9-7-16-33(35)39)36-19-10-20-37-41-31-14-5-4-13-29(31)25-26-38(41)43-42(36)37/h1-26H/i1D,2D,3D,11D,12D,21D,22D,23D,24D. The number of para-hydroxylation sites is 1. The van der Waals surface area contributed by atoms with Crippen LogP contribution >= 0.6 is 0 Å². The van der Waals surface area contributed by atoms with Crippen molar-refractivity contribution in [1.29, 1.82) is 0 Å². The summed E-state index contributed by atoms with van der Waals surface area (Å²) in [7, 11) is 0. The molecule has 1 nitrogen and oxygen atoms in total. The Morgan fingerprint density at radius 3 is 1.67 bits per heavy atom. The van der Waals surface area contributed by atoms with Crippen molar-refractivity contribution in [3.63, 3.8) is 0 Å². The van der Waals surface area contributed by atoms with Gasteiger partial charge in [-0.25, -0.2) is 0 Å². The molecule has 1 heterocycles. The molecule has 0 saturated heterocycles. The number of rotatable bonds is 3. The molecule has 0 N–H and O–H groups in total. The maximum absolute atomic E-state index is 9.30. The van der Waals surface area contributed by atoms with Gasteiger partial charge in [0.25, 0.3) is 0 Å². The number of furan rings is 1. The summed E-state index contributed by atoms with van der Waals surface area (Å²) < 4.78 is 84.8. The molecule has 43 heavy (non-hydrogen) atoms. The topological polar surface area (TPSA) is 13.1 Å². The van der Waals surface area contributed by atoms with E-state index >= 15 is 0 Å². The van der Waals surface area contributed by atoms with Gasteiger partial charge in [0, 0.05) is 21.9 Å². The van der Waals surface area contributed by atoms with Crippen LogP contribution in [0.2, 0.25) is 0 Å². The minimum Gasteiger partial charge on any atom is -0.455 e. The Morgan fingerprint density at radius 2 is 0.977 bits per heavy atom. The van der Waals surface area contributed by atoms with E-state index < -0.39 is 42.3 Å². The minimum atomic E-state index is -0.614. The van der Waals surface area contributed by atoms with Crippen molar-refractivity contribution in [3.05, 3.63) is 158 Å². The van der Waals surface area contributed by atoms with Crippen LogP contribution in [0.5, 0.6) is 0 Å². The molecule has 1 aromatic heterocycles. The van der Waals surface area contributed by atoms with E-state index in [4.69, 9.17) is 14.0 Å². The number of hydrogen-bond acceptors (Lipinski definition) is 1. The first-order chi connectivity index (χ1) is 25.1. The maximum Gasteiger partial charge on any atom is 0.143 e. The predicted octanol–water partition coefficient (Wildman–Crippen LogP) is 12.0. The zero-order valence-corrected chi connectivity index (χ0v) is 22.7. The fourth-order valence-corrected chi connectivity index (χ4v) is 6.39. The van der Waals surface area contributed by atoms with Crippen molar-refractivity contribution in [3.8, 4) is 33.4 Å². The van der Waals surface area contributed by atoms with Gasteiger partial charge in [-0.3, -0.25) is 0 Å². The average Bonchev–Trinajstić information content (AvgIpc) is 3.56. The summed E-state index contributed by atoms with van der Waals surface area (Å²) in [4.78, 5) is 0. The second kappa shape index (κ2) is 9.44. The lowest BCUT2D eigenvalue weighted by Crippen LogP contribution is -1.91. The molecule has 0 atom stereocenters. The highest BCUT2D eigenvalue weighted by molar-refractivity contribution is 6.26. The Labute approximate surface area is 261 Å². The van der Waals surface area contributed by atoms with Gasteiger partial charge in [0.1, 0.15) is 11.2 Å². The fourth-order valence-electron chi connectivity index (χ4n) is 6.39. The molecule has 0 aliphatic heterocycles. The molecule has 9 rings (SSSR count). The highest BCUT2D eigenvalue weighted by atomic mass is 16.3. The first-order valence-electron chi connectivity index (χ1n) is 18.5. The lowest BCUT2D eigenvalue weighted by atomic mass is 9.85. The third-order valence-electron chi connectivity index (χ3n) is 8.21. The van der Waals surface area contributed by atoms with Crippen LogP contribution in [-0.4, -0.2) is 0 Å². The number of hydrogen-bond donors (Lipinski definition) is 0. The van der Waals surface area contributed by atoms with Gasteiger partial charge in [0.05, 0.1) is 12.3 Å². The van der Waals surface area contributed by atoms with E-state index in [2.05, 4.69) is 24.3 Å². The molecular weight excluding hydrogens is 520 g/mol. The molecule has 1 heteroatoms. The summed E-state index contributed by atoms with van der Waals surface area (Å²) in [5, 5.41) is 7.25. The largest absolute Gasteiger partial charge is 0.455 e. The van der Waals surface area contributed by atoms with Gasteiger partial charge in [-0.1, -0.05) is 151 Å². The van der Waals surface area contributed by atoms with E-state index in [9.17, 15) is 2.74 Å². The second-order valence-electron chi connectivity index (χ2n) is 10.5. The van der Waals surface area contributed by atoms with Crippen LogP contribution in [0.4, 0.5) is 0 Å². The SMILES string of the molecule is [2H]c1c([2H])c([2H])c(-c2c([2H])c([2H])c(-c3c4ccccc4c(-c4cccc5c4oc4ccc6ccccc6c45)c4ccccc34)c([2H])c2[2H])c([2H])c1[2H]. The predicted molar refractivity (Wildman–Crippen MR) is 183 cm³/mol. The Kier molecular flexibility index (Phi) is 3.67. The van der Waals surface area contributed by atoms with E-state index in [1.54, 1.807) is 0 Å². The molecule has 8 aromatic carbocycles. The van der Waals surface area contributed by atoms with Crippen LogP contribution in [0.25, 0.3) is 87.6 Å². The number of fused-ring (bicyclic) bond motifs is 7. The van der Waals surface area contributed by atoms with Crippen LogP contribution in [0, 0.1) is 0 Å². The summed E-state index contributed by atoms with van der Waals surface area (Å²) in [5.41, 5.74) is 3.11. The first-order valence-corrected chi connectivity index (χ1v) is 14.0. The third-order valence-corrected chi connectivity index (χ3v) is 8.21. The van der Waals surface area contributed by atoms with Crippen LogP contribution < -0.4 is 0 Å². The molecule has 0 unspecified atom stereocenters. The second-order valence-corrected chi connectivity index (χ2v) is 10.5. The molecule has 0 saturated carbocycles. The molecule has 0 amide bonds. The third kappa shape index (κ3) is 3.65. The van der Waals surface area contributed by atoms with Crippen molar-refractivity contribution in [2.24, 2.45) is 0 Å². The van der Waals surface area contributed by atoms with Gasteiger partial charge in [0.2, 0.25) is 0 Å². The highest BCUT2D eigenvalue weighted by Gasteiger charge is 2.20. The van der Waals surface area contributed by atoms with Crippen molar-refractivity contribution in [1.82, 2.24) is 0 Å². The average molecular weight is 556 g/mol. The minimum absolute atomic E-state index is 0.0542. The van der Waals surface area contributed by atoms with Crippen molar-refractivity contribution in [2.45, 2.75) is 0 Å². The normalized spacial score (nSPS) is 14.7. The monoisotopic (exact) mass is 555 g/mol. The van der Waals surface area contributed by atoms with E-state index in [-0.39, 0.29) is 28.8 Å². The summed E-state index contributed by atoms with van der Waals surface area (Å²) >= 11 is 0. The zero-order valence-electron chi connectivity index (χ0n) is 31.7. The van der Waals surface area contributed by atoms with Gasteiger partial charge < -0.3 is 4.42 Å². The van der Waals surface area contributed by atoms with Gasteiger partial charge in [-0.05, 0) is 60.6 Å². The molecule has 0 bridgehead atoms. The summed E-state index contributed by atoms with van der Waals surface area (Å²) in [6, 6.07) is 29.0. The smallest absolute Gasteiger partial charge is 0.143 e. The summed E-state index contributed by atoms with van der Waals surface area (Å²) in [6.45, 7) is 0. The lowest BCUT2D eigenvalue weighted by Gasteiger charge is -2.18. The quantitative estimate of drug-likeness (QED) is 0.198. The van der Waals surface area contributed by atoms with Crippen LogP contribution in [0.15, 0.2) is 162 Å². The molecular formula is C42H26O. The molecule has 0 radical (unpaired) electrons. The molecule has 0 aliphatic carbocycles. The Balaban J connectivity index is 1.38. The lowest BCUT2D eigenvalue weighted by molar-refractivity contribution is 0.670. The Hall–Kier alpha value is -5.66. The van der Waals surface area contributed by atoms with Crippen molar-refractivity contribution >= 4 is 54.3 Å². The van der Waals surface area contributed by atoms with E-state index in [1.165, 1.54) is 0 Å². The maximum atomic E-state index is 9.30. The van der Waals surface area contributed by atoms with Gasteiger partial charge >= 0.3 is 0 Å². The van der Waals surface area contributed by atoms with Crippen molar-refractivity contribution < 1.29 is 16.8 Å². The summed E-state index contributed by atoms with van der Waals surface area (Å²) in [5.74, 6) is 0. The van der Waals surface area contributed by atoms with Crippen LogP contribution in [0.3, 0.4) is 0 Å². The molecule has 0 spiro atoms. The number of benzene rings is 8. The molecule has 200 valence electrons. The molecule has 0 aliphatic rings. The van der Waals surface area contributed by atoms with E-state index in [1.807, 2.05) is 78.9 Å². The van der Waals surface area contributed by atoms with Gasteiger partial charge in [-0.15, -0.1) is 0 Å². The highest BCUT2D eigenvalue weighted by Crippen LogP contribution is 2.47. The van der Waals surface area contributed by atoms with E-state index in [0.717, 1.165) is 54.6 Å². The van der Waals surface area contributed by atoms with E-state index in [0.29, 0.717) is 16.3 Å².